The summed E-state index contributed by atoms with van der Waals surface area (Å²) in [5.74, 6) is 1.11. The molecule has 2 rings (SSSR count). The van der Waals surface area contributed by atoms with Gasteiger partial charge in [0.15, 0.2) is 11.5 Å². The van der Waals surface area contributed by atoms with Crippen molar-refractivity contribution in [2.45, 2.75) is 0 Å². The van der Waals surface area contributed by atoms with Crippen LogP contribution in [0.2, 0.25) is 5.15 Å². The molecule has 1 aromatic heterocycles. The van der Waals surface area contributed by atoms with Crippen LogP contribution in [0.5, 0.6) is 17.4 Å². The summed E-state index contributed by atoms with van der Waals surface area (Å²) in [6.45, 7) is 0. The van der Waals surface area contributed by atoms with E-state index in [-0.39, 0.29) is 11.0 Å². The van der Waals surface area contributed by atoms with E-state index in [4.69, 9.17) is 32.1 Å². The Morgan fingerprint density at radius 2 is 2.05 bits per heavy atom. The van der Waals surface area contributed by atoms with Gasteiger partial charge in [-0.15, -0.1) is 0 Å². The van der Waals surface area contributed by atoms with Crippen LogP contribution in [-0.2, 0) is 0 Å². The fourth-order valence-electron chi connectivity index (χ4n) is 1.48. The lowest BCUT2D eigenvalue weighted by molar-refractivity contribution is 0.374. The Kier molecular flexibility index (Phi) is 3.74. The van der Waals surface area contributed by atoms with E-state index >= 15 is 0 Å². The highest BCUT2D eigenvalue weighted by Gasteiger charge is 2.09. The molecular formula is C13H10ClN3O2. The van der Waals surface area contributed by atoms with Crippen LogP contribution in [0, 0.1) is 11.3 Å². The van der Waals surface area contributed by atoms with E-state index < -0.39 is 0 Å². The smallest absolute Gasteiger partial charge is 0.222 e. The van der Waals surface area contributed by atoms with Gasteiger partial charge in [-0.05, 0) is 18.2 Å². The van der Waals surface area contributed by atoms with E-state index in [1.54, 1.807) is 24.3 Å². The molecule has 0 aliphatic heterocycles. The second-order valence-electron chi connectivity index (χ2n) is 3.64. The molecule has 0 saturated carbocycles. The molecule has 0 fully saturated rings. The van der Waals surface area contributed by atoms with Crippen LogP contribution in [0.4, 0.5) is 5.69 Å². The van der Waals surface area contributed by atoms with E-state index in [0.29, 0.717) is 22.7 Å². The zero-order valence-corrected chi connectivity index (χ0v) is 10.8. The molecule has 6 heteroatoms. The van der Waals surface area contributed by atoms with Gasteiger partial charge in [-0.3, -0.25) is 0 Å². The second-order valence-corrected chi connectivity index (χ2v) is 4.03. The van der Waals surface area contributed by atoms with Crippen molar-refractivity contribution in [3.8, 4) is 23.4 Å². The van der Waals surface area contributed by atoms with Crippen LogP contribution in [0.3, 0.4) is 0 Å². The van der Waals surface area contributed by atoms with Crippen molar-refractivity contribution in [3.05, 3.63) is 41.0 Å². The van der Waals surface area contributed by atoms with E-state index in [0.717, 1.165) is 0 Å². The molecular weight excluding hydrogens is 266 g/mol. The first-order valence-electron chi connectivity index (χ1n) is 5.31. The molecule has 1 aromatic carbocycles. The summed E-state index contributed by atoms with van der Waals surface area (Å²) in [5.41, 5.74) is 6.57. The van der Waals surface area contributed by atoms with Crippen LogP contribution in [0.1, 0.15) is 5.56 Å². The fraction of sp³-hybridized carbons (Fsp3) is 0.0769. The van der Waals surface area contributed by atoms with Gasteiger partial charge in [0.1, 0.15) is 5.15 Å². The molecule has 0 radical (unpaired) electrons. The summed E-state index contributed by atoms with van der Waals surface area (Å²) in [4.78, 5) is 3.99. The lowest BCUT2D eigenvalue weighted by Crippen LogP contribution is -1.95. The van der Waals surface area contributed by atoms with Crippen molar-refractivity contribution < 1.29 is 9.47 Å². The summed E-state index contributed by atoms with van der Waals surface area (Å²) in [6, 6.07) is 9.89. The van der Waals surface area contributed by atoms with Gasteiger partial charge in [0, 0.05) is 17.8 Å². The molecule has 0 atom stereocenters. The third-order valence-electron chi connectivity index (χ3n) is 2.30. The van der Waals surface area contributed by atoms with Crippen molar-refractivity contribution >= 4 is 17.3 Å². The molecule has 0 aliphatic carbocycles. The summed E-state index contributed by atoms with van der Waals surface area (Å²) >= 11 is 5.79. The van der Waals surface area contributed by atoms with E-state index in [9.17, 15) is 0 Å². The van der Waals surface area contributed by atoms with Gasteiger partial charge in [0.05, 0.1) is 18.7 Å². The van der Waals surface area contributed by atoms with Crippen molar-refractivity contribution in [3.63, 3.8) is 0 Å². The molecule has 0 aliphatic rings. The number of nitrogen functional groups attached to an aromatic ring is 1. The Balaban J connectivity index is 2.35. The number of hydrogen-bond donors (Lipinski definition) is 1. The van der Waals surface area contributed by atoms with Gasteiger partial charge < -0.3 is 15.2 Å². The number of hydrogen-bond acceptors (Lipinski definition) is 5. The Morgan fingerprint density at radius 3 is 2.68 bits per heavy atom. The quantitative estimate of drug-likeness (QED) is 0.871. The largest absolute Gasteiger partial charge is 0.493 e. The maximum Gasteiger partial charge on any atom is 0.222 e. The summed E-state index contributed by atoms with van der Waals surface area (Å²) in [5, 5.41) is 9.06. The van der Waals surface area contributed by atoms with Gasteiger partial charge in [0.25, 0.3) is 0 Å². The number of pyridine rings is 1. The van der Waals surface area contributed by atoms with Gasteiger partial charge in [-0.1, -0.05) is 11.6 Å². The Bertz CT molecular complexity index is 633. The Morgan fingerprint density at radius 1 is 1.26 bits per heavy atom. The number of rotatable bonds is 3. The number of methoxy groups -OCH3 is 1. The van der Waals surface area contributed by atoms with Crippen LogP contribution >= 0.6 is 11.6 Å². The predicted molar refractivity (Wildman–Crippen MR) is 71.4 cm³/mol. The average Bonchev–Trinajstić information content (AvgIpc) is 2.38. The third kappa shape index (κ3) is 3.06. The molecule has 0 amide bonds. The summed E-state index contributed by atoms with van der Waals surface area (Å²) < 4.78 is 10.7. The number of nitriles is 1. The first kappa shape index (κ1) is 13.0. The predicted octanol–water partition coefficient (Wildman–Crippen LogP) is 2.99. The first-order chi connectivity index (χ1) is 9.12. The van der Waals surface area contributed by atoms with Crippen LogP contribution in [-0.4, -0.2) is 12.1 Å². The van der Waals surface area contributed by atoms with Crippen LogP contribution in [0.15, 0.2) is 30.3 Å². The summed E-state index contributed by atoms with van der Waals surface area (Å²) in [6.07, 6.45) is 0. The Hall–Kier alpha value is -2.45. The van der Waals surface area contributed by atoms with Crippen molar-refractivity contribution in [2.75, 3.05) is 12.8 Å². The number of nitrogens with zero attached hydrogens (tertiary/aromatic N) is 2. The summed E-state index contributed by atoms with van der Waals surface area (Å²) in [7, 11) is 1.49. The minimum absolute atomic E-state index is 0.239. The molecule has 2 N–H and O–H groups in total. The maximum atomic E-state index is 8.82. The highest BCUT2D eigenvalue weighted by Crippen LogP contribution is 2.32. The van der Waals surface area contributed by atoms with Crippen LogP contribution in [0.25, 0.3) is 0 Å². The van der Waals surface area contributed by atoms with Gasteiger partial charge in [-0.2, -0.15) is 5.26 Å². The zero-order valence-electron chi connectivity index (χ0n) is 10.1. The first-order valence-corrected chi connectivity index (χ1v) is 5.69. The number of ether oxygens (including phenoxy) is 2. The van der Waals surface area contributed by atoms with Crippen molar-refractivity contribution in [1.82, 2.24) is 4.98 Å². The zero-order chi connectivity index (χ0) is 13.8. The highest BCUT2D eigenvalue weighted by atomic mass is 35.5. The Labute approximate surface area is 115 Å². The normalized spacial score (nSPS) is 9.74. The molecule has 0 unspecified atom stereocenters. The molecule has 0 bridgehead atoms. The molecule has 96 valence electrons. The van der Waals surface area contributed by atoms with Gasteiger partial charge >= 0.3 is 0 Å². The van der Waals surface area contributed by atoms with Crippen molar-refractivity contribution in [2.24, 2.45) is 0 Å². The minimum atomic E-state index is 0.239. The van der Waals surface area contributed by atoms with E-state index in [1.165, 1.54) is 13.2 Å². The number of aromatic nitrogens is 1. The minimum Gasteiger partial charge on any atom is -0.493 e. The highest BCUT2D eigenvalue weighted by molar-refractivity contribution is 6.29. The number of benzene rings is 1. The molecule has 1 heterocycles. The van der Waals surface area contributed by atoms with Crippen LogP contribution < -0.4 is 15.2 Å². The van der Waals surface area contributed by atoms with Gasteiger partial charge in [0.2, 0.25) is 5.88 Å². The lowest BCUT2D eigenvalue weighted by atomic mass is 10.2. The van der Waals surface area contributed by atoms with E-state index in [2.05, 4.69) is 4.98 Å². The molecule has 2 aromatic rings. The molecule has 19 heavy (non-hydrogen) atoms. The molecule has 5 nitrogen and oxygen atoms in total. The number of nitrogens with two attached hydrogens (primary N) is 1. The average molecular weight is 276 g/mol. The lowest BCUT2D eigenvalue weighted by Gasteiger charge is -2.10. The maximum absolute atomic E-state index is 8.82. The fourth-order valence-corrected chi connectivity index (χ4v) is 1.69. The second kappa shape index (κ2) is 5.46. The van der Waals surface area contributed by atoms with E-state index in [1.807, 2.05) is 6.07 Å². The topological polar surface area (TPSA) is 81.2 Å². The SMILES string of the molecule is COc1cc(C#N)ccc1Oc1cc(N)cc(Cl)n1. The van der Waals surface area contributed by atoms with Crippen molar-refractivity contribution in [1.29, 1.82) is 5.26 Å². The standard InChI is InChI=1S/C13H10ClN3O2/c1-18-11-4-8(7-15)2-3-10(11)19-13-6-9(16)5-12(14)17-13/h2-6H,1H3,(H2,16,17). The molecule has 0 spiro atoms. The monoisotopic (exact) mass is 275 g/mol. The number of halogens is 1. The van der Waals surface area contributed by atoms with Gasteiger partial charge in [-0.25, -0.2) is 4.98 Å². The molecule has 0 saturated heterocycles. The number of anilines is 1. The third-order valence-corrected chi connectivity index (χ3v) is 2.49.